The zero-order valence-corrected chi connectivity index (χ0v) is 9.55. The molecule has 0 rings (SSSR count). The third-order valence-electron chi connectivity index (χ3n) is 2.04. The molecule has 0 aromatic carbocycles. The number of hydrogen-bond donors (Lipinski definition) is 0. The van der Waals surface area contributed by atoms with Crippen LogP contribution < -0.4 is 0 Å². The second-order valence-corrected chi connectivity index (χ2v) is 4.07. The molecule has 0 radical (unpaired) electrons. The van der Waals surface area contributed by atoms with Crippen LogP contribution in [-0.2, 0) is 0 Å². The lowest BCUT2D eigenvalue weighted by Crippen LogP contribution is -1.89. The fraction of sp³-hybridized carbons (Fsp3) is 0.917. The summed E-state index contributed by atoms with van der Waals surface area (Å²) in [6.45, 7) is 7.63. The summed E-state index contributed by atoms with van der Waals surface area (Å²) in [6, 6.07) is 0. The van der Waals surface area contributed by atoms with E-state index in [2.05, 4.69) is 32.0 Å². The van der Waals surface area contributed by atoms with Crippen molar-refractivity contribution in [3.05, 3.63) is 0 Å². The van der Waals surface area contributed by atoms with Gasteiger partial charge in [-0.2, -0.15) is 0 Å². The van der Waals surface area contributed by atoms with Crippen LogP contribution in [-0.4, -0.2) is 12.8 Å². The number of nitrogens with zero attached hydrogens (tertiary/aromatic N) is 1. The summed E-state index contributed by atoms with van der Waals surface area (Å²) in [5.41, 5.74) is 0. The second-order valence-electron chi connectivity index (χ2n) is 4.07. The highest BCUT2D eigenvalue weighted by Gasteiger charge is 1.88. The Morgan fingerprint density at radius 1 is 1.00 bits per heavy atom. The van der Waals surface area contributed by atoms with Gasteiger partial charge in [0.2, 0.25) is 0 Å². The van der Waals surface area contributed by atoms with Crippen LogP contribution in [0.2, 0.25) is 0 Å². The normalized spacial score (nSPS) is 11.7. The first-order chi connectivity index (χ1) is 6.27. The highest BCUT2D eigenvalue weighted by molar-refractivity contribution is 5.59. The van der Waals surface area contributed by atoms with Gasteiger partial charge in [0.25, 0.3) is 0 Å². The molecule has 0 aliphatic rings. The molecule has 0 spiro atoms. The monoisotopic (exact) mass is 183 g/mol. The summed E-state index contributed by atoms with van der Waals surface area (Å²) < 4.78 is 0. The Morgan fingerprint density at radius 2 is 1.62 bits per heavy atom. The SMILES string of the molecule is CCCCCCCCN=CC(C)C. The van der Waals surface area contributed by atoms with Gasteiger partial charge in [0.1, 0.15) is 0 Å². The fourth-order valence-corrected chi connectivity index (χ4v) is 1.27. The van der Waals surface area contributed by atoms with Crippen molar-refractivity contribution in [2.75, 3.05) is 6.54 Å². The molecule has 0 fully saturated rings. The molecule has 78 valence electrons. The van der Waals surface area contributed by atoms with Gasteiger partial charge in [-0.25, -0.2) is 0 Å². The van der Waals surface area contributed by atoms with E-state index in [1.807, 2.05) is 0 Å². The van der Waals surface area contributed by atoms with E-state index in [9.17, 15) is 0 Å². The Morgan fingerprint density at radius 3 is 2.23 bits per heavy atom. The van der Waals surface area contributed by atoms with Crippen molar-refractivity contribution >= 4 is 6.21 Å². The Balaban J connectivity index is 2.99. The first-order valence-electron chi connectivity index (χ1n) is 5.77. The largest absolute Gasteiger partial charge is 0.297 e. The quantitative estimate of drug-likeness (QED) is 0.397. The minimum atomic E-state index is 0.611. The van der Waals surface area contributed by atoms with Crippen LogP contribution in [0.5, 0.6) is 0 Å². The number of aliphatic imine (C=N–C) groups is 1. The third kappa shape index (κ3) is 11.7. The van der Waals surface area contributed by atoms with E-state index in [1.54, 1.807) is 0 Å². The van der Waals surface area contributed by atoms with Crippen LogP contribution >= 0.6 is 0 Å². The van der Waals surface area contributed by atoms with Gasteiger partial charge in [-0.3, -0.25) is 4.99 Å². The first-order valence-corrected chi connectivity index (χ1v) is 5.77. The predicted molar refractivity (Wildman–Crippen MR) is 61.6 cm³/mol. The van der Waals surface area contributed by atoms with Crippen molar-refractivity contribution in [3.8, 4) is 0 Å². The van der Waals surface area contributed by atoms with E-state index in [4.69, 9.17) is 0 Å². The van der Waals surface area contributed by atoms with Crippen LogP contribution in [0.15, 0.2) is 4.99 Å². The van der Waals surface area contributed by atoms with E-state index >= 15 is 0 Å². The summed E-state index contributed by atoms with van der Waals surface area (Å²) >= 11 is 0. The Bertz CT molecular complexity index is 116. The Hall–Kier alpha value is -0.330. The summed E-state index contributed by atoms with van der Waals surface area (Å²) in [7, 11) is 0. The topological polar surface area (TPSA) is 12.4 Å². The smallest absolute Gasteiger partial charge is 0.0385 e. The third-order valence-corrected chi connectivity index (χ3v) is 2.04. The Labute approximate surface area is 83.6 Å². The summed E-state index contributed by atoms with van der Waals surface area (Å²) in [4.78, 5) is 4.36. The van der Waals surface area contributed by atoms with Crippen LogP contribution in [0, 0.1) is 5.92 Å². The van der Waals surface area contributed by atoms with Gasteiger partial charge in [-0.15, -0.1) is 0 Å². The van der Waals surface area contributed by atoms with Crippen molar-refractivity contribution in [1.82, 2.24) is 0 Å². The maximum absolute atomic E-state index is 4.36. The maximum Gasteiger partial charge on any atom is 0.0385 e. The molecule has 1 heteroatoms. The highest BCUT2D eigenvalue weighted by atomic mass is 14.7. The molecule has 0 saturated carbocycles. The van der Waals surface area contributed by atoms with Crippen molar-refractivity contribution < 1.29 is 0 Å². The molecule has 0 heterocycles. The van der Waals surface area contributed by atoms with Crippen LogP contribution in [0.3, 0.4) is 0 Å². The van der Waals surface area contributed by atoms with Crippen molar-refractivity contribution in [3.63, 3.8) is 0 Å². The van der Waals surface area contributed by atoms with Gasteiger partial charge in [-0.05, 0) is 12.3 Å². The minimum Gasteiger partial charge on any atom is -0.297 e. The lowest BCUT2D eigenvalue weighted by atomic mass is 10.1. The van der Waals surface area contributed by atoms with Gasteiger partial charge in [0, 0.05) is 12.8 Å². The molecule has 0 unspecified atom stereocenters. The van der Waals surface area contributed by atoms with E-state index < -0.39 is 0 Å². The summed E-state index contributed by atoms with van der Waals surface area (Å²) in [5.74, 6) is 0.611. The van der Waals surface area contributed by atoms with Crippen LogP contribution in [0.4, 0.5) is 0 Å². The Kier molecular flexibility index (Phi) is 9.51. The van der Waals surface area contributed by atoms with E-state index in [1.165, 1.54) is 38.5 Å². The predicted octanol–water partition coefficient (Wildman–Crippen LogP) is 4.07. The molecule has 0 N–H and O–H groups in total. The van der Waals surface area contributed by atoms with E-state index in [0.29, 0.717) is 5.92 Å². The molecule has 0 aliphatic heterocycles. The highest BCUT2D eigenvalue weighted by Crippen LogP contribution is 2.04. The minimum absolute atomic E-state index is 0.611. The van der Waals surface area contributed by atoms with Crippen LogP contribution in [0.25, 0.3) is 0 Å². The maximum atomic E-state index is 4.36. The van der Waals surface area contributed by atoms with Gasteiger partial charge in [-0.1, -0.05) is 52.9 Å². The molecule has 0 amide bonds. The molecule has 0 aromatic heterocycles. The lowest BCUT2D eigenvalue weighted by molar-refractivity contribution is 0.612. The van der Waals surface area contributed by atoms with Crippen molar-refractivity contribution in [1.29, 1.82) is 0 Å². The lowest BCUT2D eigenvalue weighted by Gasteiger charge is -1.98. The molecular formula is C12H25N. The van der Waals surface area contributed by atoms with Gasteiger partial charge in [0.15, 0.2) is 0 Å². The summed E-state index contributed by atoms with van der Waals surface area (Å²) in [6.07, 6.45) is 10.2. The second kappa shape index (κ2) is 9.76. The van der Waals surface area contributed by atoms with Gasteiger partial charge >= 0.3 is 0 Å². The van der Waals surface area contributed by atoms with Crippen LogP contribution in [0.1, 0.15) is 59.3 Å². The first kappa shape index (κ1) is 12.7. The standard InChI is InChI=1S/C12H25N/c1-4-5-6-7-8-9-10-13-11-12(2)3/h11-12H,4-10H2,1-3H3. The van der Waals surface area contributed by atoms with Crippen molar-refractivity contribution in [2.24, 2.45) is 10.9 Å². The van der Waals surface area contributed by atoms with Gasteiger partial charge < -0.3 is 0 Å². The molecule has 0 bridgehead atoms. The molecule has 13 heavy (non-hydrogen) atoms. The molecule has 0 atom stereocenters. The van der Waals surface area contributed by atoms with E-state index in [-0.39, 0.29) is 0 Å². The summed E-state index contributed by atoms with van der Waals surface area (Å²) in [5, 5.41) is 0. The molecular weight excluding hydrogens is 158 g/mol. The zero-order valence-electron chi connectivity index (χ0n) is 9.55. The molecule has 0 aliphatic carbocycles. The number of unbranched alkanes of at least 4 members (excludes halogenated alkanes) is 5. The average Bonchev–Trinajstić information content (AvgIpc) is 2.09. The fourth-order valence-electron chi connectivity index (χ4n) is 1.27. The van der Waals surface area contributed by atoms with Crippen molar-refractivity contribution in [2.45, 2.75) is 59.3 Å². The van der Waals surface area contributed by atoms with Gasteiger partial charge in [0.05, 0.1) is 0 Å². The molecule has 1 nitrogen and oxygen atoms in total. The molecule has 0 saturated heterocycles. The van der Waals surface area contributed by atoms with E-state index in [0.717, 1.165) is 6.54 Å². The average molecular weight is 183 g/mol. The number of rotatable bonds is 8. The molecule has 0 aromatic rings. The number of hydrogen-bond acceptors (Lipinski definition) is 1. The zero-order chi connectivity index (χ0) is 9.94.